The molecule has 2 N–H and O–H groups in total. The molecule has 1 amide bonds. The molecule has 0 radical (unpaired) electrons. The van der Waals surface area contributed by atoms with E-state index in [1.807, 2.05) is 0 Å². The molecule has 0 fully saturated rings. The zero-order valence-corrected chi connectivity index (χ0v) is 7.99. The molecule has 3 nitrogen and oxygen atoms in total. The molecular formula is C10H17NO2. The highest BCUT2D eigenvalue weighted by molar-refractivity contribution is 5.76. The molecule has 0 aromatic carbocycles. The Morgan fingerprint density at radius 2 is 2.54 bits per heavy atom. The van der Waals surface area contributed by atoms with Gasteiger partial charge in [-0.2, -0.15) is 0 Å². The Morgan fingerprint density at radius 1 is 1.77 bits per heavy atom. The third-order valence-electron chi connectivity index (χ3n) is 2.24. The Hall–Kier alpha value is -0.830. The normalized spacial score (nSPS) is 23.1. The van der Waals surface area contributed by atoms with Crippen LogP contribution in [0.5, 0.6) is 0 Å². The maximum absolute atomic E-state index is 11.3. The summed E-state index contributed by atoms with van der Waals surface area (Å²) in [6, 6.07) is -0.127. The van der Waals surface area contributed by atoms with Gasteiger partial charge in [-0.15, -0.1) is 0 Å². The average Bonchev–Trinajstić information content (AvgIpc) is 2.56. The van der Waals surface area contributed by atoms with Crippen molar-refractivity contribution >= 4 is 5.91 Å². The molecule has 0 aromatic heterocycles. The van der Waals surface area contributed by atoms with Crippen LogP contribution in [0.4, 0.5) is 0 Å². The second kappa shape index (κ2) is 5.02. The van der Waals surface area contributed by atoms with Crippen LogP contribution in [0.15, 0.2) is 12.2 Å². The van der Waals surface area contributed by atoms with Crippen LogP contribution < -0.4 is 5.32 Å². The highest BCUT2D eigenvalue weighted by Crippen LogP contribution is 2.19. The number of amides is 1. The van der Waals surface area contributed by atoms with Crippen molar-refractivity contribution in [2.75, 3.05) is 6.61 Å². The molecule has 0 aliphatic heterocycles. The molecule has 2 unspecified atom stereocenters. The molecule has 1 aliphatic rings. The summed E-state index contributed by atoms with van der Waals surface area (Å²) in [5.74, 6) is 0.448. The average molecular weight is 183 g/mol. The molecule has 0 bridgehead atoms. The summed E-state index contributed by atoms with van der Waals surface area (Å²) in [5, 5.41) is 11.4. The van der Waals surface area contributed by atoms with Crippen molar-refractivity contribution in [2.45, 2.75) is 32.2 Å². The van der Waals surface area contributed by atoms with E-state index in [0.29, 0.717) is 12.3 Å². The first kappa shape index (κ1) is 10.3. The Labute approximate surface area is 78.8 Å². The minimum atomic E-state index is -0.127. The van der Waals surface area contributed by atoms with Gasteiger partial charge < -0.3 is 10.4 Å². The zero-order valence-electron chi connectivity index (χ0n) is 7.99. The fourth-order valence-electron chi connectivity index (χ4n) is 1.48. The van der Waals surface area contributed by atoms with E-state index in [1.54, 1.807) is 6.92 Å². The number of rotatable bonds is 4. The van der Waals surface area contributed by atoms with E-state index in [2.05, 4.69) is 17.5 Å². The predicted molar refractivity (Wildman–Crippen MR) is 51.2 cm³/mol. The highest BCUT2D eigenvalue weighted by atomic mass is 16.3. The van der Waals surface area contributed by atoms with Gasteiger partial charge in [-0.25, -0.2) is 0 Å². The van der Waals surface area contributed by atoms with Gasteiger partial charge in [0.05, 0.1) is 6.61 Å². The third kappa shape index (κ3) is 3.59. The fourth-order valence-corrected chi connectivity index (χ4v) is 1.48. The summed E-state index contributed by atoms with van der Waals surface area (Å²) >= 11 is 0. The maximum Gasteiger partial charge on any atom is 0.220 e. The van der Waals surface area contributed by atoms with Gasteiger partial charge in [-0.05, 0) is 25.7 Å². The molecule has 3 heteroatoms. The Bertz CT molecular complexity index is 201. The standard InChI is InChI=1S/C10H17NO2/c1-8(7-12)11-10(13)6-9-4-2-3-5-9/h2,4,8-9,12H,3,5-7H2,1H3,(H,11,13). The van der Waals surface area contributed by atoms with Gasteiger partial charge in [0.2, 0.25) is 5.91 Å². The lowest BCUT2D eigenvalue weighted by Gasteiger charge is -2.12. The van der Waals surface area contributed by atoms with Gasteiger partial charge in [0.15, 0.2) is 0 Å². The number of nitrogens with one attached hydrogen (secondary N) is 1. The monoisotopic (exact) mass is 183 g/mol. The zero-order chi connectivity index (χ0) is 9.68. The van der Waals surface area contributed by atoms with E-state index < -0.39 is 0 Å². The van der Waals surface area contributed by atoms with Crippen LogP contribution in [0.25, 0.3) is 0 Å². The Balaban J connectivity index is 2.20. The molecule has 13 heavy (non-hydrogen) atoms. The van der Waals surface area contributed by atoms with Crippen molar-refractivity contribution in [3.8, 4) is 0 Å². The van der Waals surface area contributed by atoms with Gasteiger partial charge in [-0.1, -0.05) is 12.2 Å². The summed E-state index contributed by atoms with van der Waals surface area (Å²) in [7, 11) is 0. The van der Waals surface area contributed by atoms with E-state index in [4.69, 9.17) is 5.11 Å². The van der Waals surface area contributed by atoms with Crippen molar-refractivity contribution in [3.63, 3.8) is 0 Å². The molecule has 1 rings (SSSR count). The van der Waals surface area contributed by atoms with Gasteiger partial charge >= 0.3 is 0 Å². The van der Waals surface area contributed by atoms with Gasteiger partial charge in [0.1, 0.15) is 0 Å². The van der Waals surface area contributed by atoms with Crippen LogP contribution in [-0.2, 0) is 4.79 Å². The van der Waals surface area contributed by atoms with Gasteiger partial charge in [0, 0.05) is 12.5 Å². The summed E-state index contributed by atoms with van der Waals surface area (Å²) in [6.07, 6.45) is 6.95. The van der Waals surface area contributed by atoms with Crippen molar-refractivity contribution in [1.82, 2.24) is 5.32 Å². The minimum absolute atomic E-state index is 0.00620. The summed E-state index contributed by atoms with van der Waals surface area (Å²) < 4.78 is 0. The van der Waals surface area contributed by atoms with Crippen molar-refractivity contribution in [1.29, 1.82) is 0 Å². The molecule has 0 saturated carbocycles. The number of allylic oxidation sites excluding steroid dienone is 2. The smallest absolute Gasteiger partial charge is 0.220 e. The first-order chi connectivity index (χ1) is 6.22. The number of carbonyl (C=O) groups is 1. The maximum atomic E-state index is 11.3. The van der Waals surface area contributed by atoms with E-state index in [-0.39, 0.29) is 18.6 Å². The van der Waals surface area contributed by atoms with Gasteiger partial charge in [0.25, 0.3) is 0 Å². The van der Waals surface area contributed by atoms with Crippen LogP contribution in [0.2, 0.25) is 0 Å². The molecule has 74 valence electrons. The van der Waals surface area contributed by atoms with Crippen LogP contribution in [0, 0.1) is 5.92 Å². The fraction of sp³-hybridized carbons (Fsp3) is 0.700. The van der Waals surface area contributed by atoms with E-state index in [0.717, 1.165) is 12.8 Å². The molecular weight excluding hydrogens is 166 g/mol. The molecule has 0 spiro atoms. The SMILES string of the molecule is CC(CO)NC(=O)CC1C=CCC1. The number of aliphatic hydroxyl groups is 1. The number of hydrogen-bond donors (Lipinski definition) is 2. The van der Waals surface area contributed by atoms with Crippen LogP contribution in [0.3, 0.4) is 0 Å². The second-order valence-electron chi connectivity index (χ2n) is 3.62. The van der Waals surface area contributed by atoms with Crippen LogP contribution in [0.1, 0.15) is 26.2 Å². The highest BCUT2D eigenvalue weighted by Gasteiger charge is 2.14. The number of carbonyl (C=O) groups excluding carboxylic acids is 1. The topological polar surface area (TPSA) is 49.3 Å². The molecule has 1 aliphatic carbocycles. The number of aliphatic hydroxyl groups excluding tert-OH is 1. The molecule has 0 saturated heterocycles. The van der Waals surface area contributed by atoms with E-state index >= 15 is 0 Å². The van der Waals surface area contributed by atoms with Crippen molar-refractivity contribution < 1.29 is 9.90 Å². The first-order valence-electron chi connectivity index (χ1n) is 4.79. The summed E-state index contributed by atoms with van der Waals surface area (Å²) in [5.41, 5.74) is 0. The lowest BCUT2D eigenvalue weighted by Crippen LogP contribution is -2.35. The summed E-state index contributed by atoms with van der Waals surface area (Å²) in [6.45, 7) is 1.80. The lowest BCUT2D eigenvalue weighted by atomic mass is 10.0. The molecule has 2 atom stereocenters. The number of hydrogen-bond acceptors (Lipinski definition) is 2. The quantitative estimate of drug-likeness (QED) is 0.634. The third-order valence-corrected chi connectivity index (χ3v) is 2.24. The van der Waals surface area contributed by atoms with Gasteiger partial charge in [-0.3, -0.25) is 4.79 Å². The van der Waals surface area contributed by atoms with E-state index in [9.17, 15) is 4.79 Å². The Kier molecular flexibility index (Phi) is 3.96. The van der Waals surface area contributed by atoms with E-state index in [1.165, 1.54) is 0 Å². The Morgan fingerprint density at radius 3 is 3.08 bits per heavy atom. The first-order valence-corrected chi connectivity index (χ1v) is 4.79. The largest absolute Gasteiger partial charge is 0.394 e. The molecule has 0 aromatic rings. The molecule has 0 heterocycles. The second-order valence-corrected chi connectivity index (χ2v) is 3.62. The minimum Gasteiger partial charge on any atom is -0.394 e. The van der Waals surface area contributed by atoms with Crippen LogP contribution in [-0.4, -0.2) is 23.7 Å². The van der Waals surface area contributed by atoms with Crippen molar-refractivity contribution in [2.24, 2.45) is 5.92 Å². The predicted octanol–water partition coefficient (Wildman–Crippen LogP) is 0.840. The lowest BCUT2D eigenvalue weighted by molar-refractivity contribution is -0.122. The summed E-state index contributed by atoms with van der Waals surface area (Å²) in [4.78, 5) is 11.3. The van der Waals surface area contributed by atoms with Crippen molar-refractivity contribution in [3.05, 3.63) is 12.2 Å². The van der Waals surface area contributed by atoms with Crippen LogP contribution >= 0.6 is 0 Å².